The lowest BCUT2D eigenvalue weighted by atomic mass is 10.0. The summed E-state index contributed by atoms with van der Waals surface area (Å²) in [6.45, 7) is 6.57. The number of rotatable bonds is 11. The summed E-state index contributed by atoms with van der Waals surface area (Å²) in [6.07, 6.45) is 8.33. The molecule has 0 amide bonds. The SMILES string of the molecule is COc1cc(CCC(=O)CCCCCCC(C)C)ccc1C. The molecule has 1 rings (SSSR count). The Morgan fingerprint density at radius 2 is 1.82 bits per heavy atom. The zero-order valence-corrected chi connectivity index (χ0v) is 14.8. The highest BCUT2D eigenvalue weighted by molar-refractivity contribution is 5.78. The van der Waals surface area contributed by atoms with Crippen LogP contribution in [0, 0.1) is 12.8 Å². The van der Waals surface area contributed by atoms with Gasteiger partial charge in [0.25, 0.3) is 0 Å². The van der Waals surface area contributed by atoms with Crippen molar-refractivity contribution in [1.29, 1.82) is 0 Å². The van der Waals surface area contributed by atoms with Gasteiger partial charge in [-0.2, -0.15) is 0 Å². The summed E-state index contributed by atoms with van der Waals surface area (Å²) in [6, 6.07) is 6.21. The van der Waals surface area contributed by atoms with Gasteiger partial charge in [-0.1, -0.05) is 51.7 Å². The van der Waals surface area contributed by atoms with Crippen molar-refractivity contribution in [2.45, 2.75) is 72.1 Å². The Labute approximate surface area is 136 Å². The molecule has 0 fully saturated rings. The predicted molar refractivity (Wildman–Crippen MR) is 93.6 cm³/mol. The highest BCUT2D eigenvalue weighted by Gasteiger charge is 2.05. The maximum Gasteiger partial charge on any atom is 0.133 e. The number of aryl methyl sites for hydroxylation is 2. The van der Waals surface area contributed by atoms with Gasteiger partial charge in [0.1, 0.15) is 11.5 Å². The van der Waals surface area contributed by atoms with Crippen LogP contribution in [-0.2, 0) is 11.2 Å². The molecule has 0 unspecified atom stereocenters. The average Bonchev–Trinajstić information content (AvgIpc) is 2.49. The number of unbranched alkanes of at least 4 members (excludes halogenated alkanes) is 3. The fraction of sp³-hybridized carbons (Fsp3) is 0.650. The molecule has 22 heavy (non-hydrogen) atoms. The van der Waals surface area contributed by atoms with Crippen molar-refractivity contribution in [3.05, 3.63) is 29.3 Å². The monoisotopic (exact) mass is 304 g/mol. The zero-order chi connectivity index (χ0) is 16.4. The van der Waals surface area contributed by atoms with E-state index >= 15 is 0 Å². The Morgan fingerprint density at radius 3 is 2.50 bits per heavy atom. The largest absolute Gasteiger partial charge is 0.496 e. The third-order valence-corrected chi connectivity index (χ3v) is 4.15. The second-order valence-electron chi connectivity index (χ2n) is 6.69. The molecule has 0 heterocycles. The van der Waals surface area contributed by atoms with Crippen LogP contribution in [-0.4, -0.2) is 12.9 Å². The van der Waals surface area contributed by atoms with E-state index in [4.69, 9.17) is 4.74 Å². The van der Waals surface area contributed by atoms with E-state index in [1.54, 1.807) is 7.11 Å². The van der Waals surface area contributed by atoms with Gasteiger partial charge < -0.3 is 4.74 Å². The van der Waals surface area contributed by atoms with Crippen LogP contribution in [0.4, 0.5) is 0 Å². The van der Waals surface area contributed by atoms with E-state index in [1.807, 2.05) is 6.92 Å². The Hall–Kier alpha value is -1.31. The van der Waals surface area contributed by atoms with Gasteiger partial charge in [0.2, 0.25) is 0 Å². The maximum atomic E-state index is 11.9. The van der Waals surface area contributed by atoms with Gasteiger partial charge in [0.05, 0.1) is 7.11 Å². The molecule has 1 aromatic rings. The maximum absolute atomic E-state index is 11.9. The molecule has 0 N–H and O–H groups in total. The minimum Gasteiger partial charge on any atom is -0.496 e. The molecule has 0 bridgehead atoms. The van der Waals surface area contributed by atoms with Crippen molar-refractivity contribution in [1.82, 2.24) is 0 Å². The lowest BCUT2D eigenvalue weighted by Crippen LogP contribution is -2.01. The van der Waals surface area contributed by atoms with Crippen molar-refractivity contribution in [3.8, 4) is 5.75 Å². The summed E-state index contributed by atoms with van der Waals surface area (Å²) >= 11 is 0. The van der Waals surface area contributed by atoms with Gasteiger partial charge >= 0.3 is 0 Å². The molecule has 2 nitrogen and oxygen atoms in total. The molecule has 0 saturated heterocycles. The number of carbonyl (C=O) groups excluding carboxylic acids is 1. The fourth-order valence-electron chi connectivity index (χ4n) is 2.66. The van der Waals surface area contributed by atoms with Crippen LogP contribution < -0.4 is 4.74 Å². The van der Waals surface area contributed by atoms with Crippen LogP contribution in [0.25, 0.3) is 0 Å². The highest BCUT2D eigenvalue weighted by Crippen LogP contribution is 2.20. The molecule has 0 saturated carbocycles. The topological polar surface area (TPSA) is 26.3 Å². The summed E-state index contributed by atoms with van der Waals surface area (Å²) in [5, 5.41) is 0. The summed E-state index contributed by atoms with van der Waals surface area (Å²) in [4.78, 5) is 11.9. The van der Waals surface area contributed by atoms with E-state index in [0.29, 0.717) is 12.2 Å². The average molecular weight is 304 g/mol. The minimum atomic E-state index is 0.392. The summed E-state index contributed by atoms with van der Waals surface area (Å²) in [7, 11) is 1.69. The molecule has 0 aliphatic rings. The lowest BCUT2D eigenvalue weighted by Gasteiger charge is -2.07. The second-order valence-corrected chi connectivity index (χ2v) is 6.69. The molecular formula is C20H32O2. The Balaban J connectivity index is 2.18. The number of ketones is 1. The van der Waals surface area contributed by atoms with Crippen LogP contribution in [0.2, 0.25) is 0 Å². The molecule has 2 heteroatoms. The third-order valence-electron chi connectivity index (χ3n) is 4.15. The van der Waals surface area contributed by atoms with Crippen molar-refractivity contribution in [2.75, 3.05) is 7.11 Å². The summed E-state index contributed by atoms with van der Waals surface area (Å²) < 4.78 is 5.33. The van der Waals surface area contributed by atoms with E-state index in [1.165, 1.54) is 31.2 Å². The molecule has 124 valence electrons. The zero-order valence-electron chi connectivity index (χ0n) is 14.8. The van der Waals surface area contributed by atoms with Crippen molar-refractivity contribution in [2.24, 2.45) is 5.92 Å². The van der Waals surface area contributed by atoms with Crippen LogP contribution in [0.1, 0.15) is 69.9 Å². The Morgan fingerprint density at radius 1 is 1.09 bits per heavy atom. The van der Waals surface area contributed by atoms with E-state index in [2.05, 4.69) is 32.0 Å². The van der Waals surface area contributed by atoms with Crippen molar-refractivity contribution in [3.63, 3.8) is 0 Å². The first kappa shape index (κ1) is 18.7. The molecule has 0 atom stereocenters. The molecule has 0 aliphatic carbocycles. The van der Waals surface area contributed by atoms with Crippen LogP contribution >= 0.6 is 0 Å². The number of benzene rings is 1. The van der Waals surface area contributed by atoms with Crippen molar-refractivity contribution >= 4 is 5.78 Å². The van der Waals surface area contributed by atoms with Gasteiger partial charge in [-0.3, -0.25) is 4.79 Å². The lowest BCUT2D eigenvalue weighted by molar-refractivity contribution is -0.119. The molecule has 0 aromatic heterocycles. The fourth-order valence-corrected chi connectivity index (χ4v) is 2.66. The number of hydrogen-bond acceptors (Lipinski definition) is 2. The first-order chi connectivity index (χ1) is 10.5. The molecular weight excluding hydrogens is 272 g/mol. The van der Waals surface area contributed by atoms with E-state index in [0.717, 1.165) is 36.5 Å². The Bertz CT molecular complexity index is 449. The smallest absolute Gasteiger partial charge is 0.133 e. The number of ether oxygens (including phenoxy) is 1. The second kappa shape index (κ2) is 10.4. The predicted octanol–water partition coefficient (Wildman–Crippen LogP) is 5.50. The van der Waals surface area contributed by atoms with E-state index < -0.39 is 0 Å². The minimum absolute atomic E-state index is 0.392. The van der Waals surface area contributed by atoms with Gasteiger partial charge in [-0.15, -0.1) is 0 Å². The molecule has 0 aliphatic heterocycles. The summed E-state index contributed by atoms with van der Waals surface area (Å²) in [5.41, 5.74) is 2.33. The highest BCUT2D eigenvalue weighted by atomic mass is 16.5. The van der Waals surface area contributed by atoms with Crippen LogP contribution in [0.5, 0.6) is 5.75 Å². The number of Topliss-reactive ketones (excluding diaryl/α,β-unsaturated/α-hetero) is 1. The quantitative estimate of drug-likeness (QED) is 0.504. The van der Waals surface area contributed by atoms with Crippen molar-refractivity contribution < 1.29 is 9.53 Å². The van der Waals surface area contributed by atoms with Gasteiger partial charge in [0, 0.05) is 12.8 Å². The number of hydrogen-bond donors (Lipinski definition) is 0. The molecule has 0 spiro atoms. The van der Waals surface area contributed by atoms with Gasteiger partial charge in [-0.05, 0) is 42.9 Å². The Kier molecular flexibility index (Phi) is 8.88. The summed E-state index contributed by atoms with van der Waals surface area (Å²) in [5.74, 6) is 2.10. The van der Waals surface area contributed by atoms with Gasteiger partial charge in [0.15, 0.2) is 0 Å². The number of carbonyl (C=O) groups is 1. The third kappa shape index (κ3) is 7.63. The molecule has 1 aromatic carbocycles. The van der Waals surface area contributed by atoms with E-state index in [-0.39, 0.29) is 0 Å². The van der Waals surface area contributed by atoms with Crippen LogP contribution in [0.3, 0.4) is 0 Å². The number of methoxy groups -OCH3 is 1. The molecule has 0 radical (unpaired) electrons. The standard InChI is InChI=1S/C20H32O2/c1-16(2)9-7-5-6-8-10-19(21)14-13-18-12-11-17(3)20(15-18)22-4/h11-12,15-16H,5-10,13-14H2,1-4H3. The van der Waals surface area contributed by atoms with E-state index in [9.17, 15) is 4.79 Å². The van der Waals surface area contributed by atoms with Crippen LogP contribution in [0.15, 0.2) is 18.2 Å². The normalized spacial score (nSPS) is 11.0. The first-order valence-corrected chi connectivity index (χ1v) is 8.68. The first-order valence-electron chi connectivity index (χ1n) is 8.68. The van der Waals surface area contributed by atoms with Gasteiger partial charge in [-0.25, -0.2) is 0 Å².